The Balaban J connectivity index is 1.60. The number of nitrogens with zero attached hydrogens (tertiary/aromatic N) is 3. The number of benzene rings is 2. The molecular formula is C21H23ClN4O2S. The van der Waals surface area contributed by atoms with Crippen molar-refractivity contribution < 1.29 is 9.53 Å². The van der Waals surface area contributed by atoms with Gasteiger partial charge in [-0.15, -0.1) is 10.2 Å². The normalized spacial score (nSPS) is 11.9. The number of ether oxygens (including phenoxy) is 1. The fourth-order valence-corrected chi connectivity index (χ4v) is 3.76. The lowest BCUT2D eigenvalue weighted by atomic mass is 10.1. The van der Waals surface area contributed by atoms with Gasteiger partial charge in [-0.1, -0.05) is 53.2 Å². The van der Waals surface area contributed by atoms with Crippen molar-refractivity contribution in [2.45, 2.75) is 32.0 Å². The van der Waals surface area contributed by atoms with Crippen molar-refractivity contribution >= 4 is 35.0 Å². The van der Waals surface area contributed by atoms with E-state index < -0.39 is 0 Å². The lowest BCUT2D eigenvalue weighted by molar-refractivity contribution is -0.113. The fraction of sp³-hybridized carbons (Fsp3) is 0.286. The number of nitrogens with one attached hydrogen (secondary N) is 1. The number of para-hydroxylation sites is 1. The second-order valence-electron chi connectivity index (χ2n) is 6.75. The number of carbonyl (C=O) groups excluding carboxylic acids is 1. The smallest absolute Gasteiger partial charge is 0.234 e. The third-order valence-electron chi connectivity index (χ3n) is 4.36. The molecule has 0 aliphatic carbocycles. The van der Waals surface area contributed by atoms with Crippen molar-refractivity contribution in [3.63, 3.8) is 0 Å². The Hall–Kier alpha value is -2.51. The van der Waals surface area contributed by atoms with E-state index in [1.165, 1.54) is 11.8 Å². The maximum absolute atomic E-state index is 12.3. The molecule has 3 aromatic rings. The summed E-state index contributed by atoms with van der Waals surface area (Å²) in [6.07, 6.45) is -0.342. The number of hydrogen-bond acceptors (Lipinski definition) is 5. The largest absolute Gasteiger partial charge is 0.481 e. The summed E-state index contributed by atoms with van der Waals surface area (Å²) < 4.78 is 7.74. The van der Waals surface area contributed by atoms with Crippen molar-refractivity contribution in [3.8, 4) is 5.75 Å². The number of thioether (sulfide) groups is 1. The summed E-state index contributed by atoms with van der Waals surface area (Å²) >= 11 is 7.48. The van der Waals surface area contributed by atoms with E-state index in [0.29, 0.717) is 21.8 Å². The molecule has 0 radical (unpaired) electrons. The molecule has 6 nitrogen and oxygen atoms in total. The van der Waals surface area contributed by atoms with Gasteiger partial charge >= 0.3 is 0 Å². The van der Waals surface area contributed by atoms with Crippen LogP contribution in [0.15, 0.2) is 47.6 Å². The SMILES string of the molecule is Cc1ccc(NC(=O)CSc2nnc([C@H](C)Oc3ccccc3Cl)n2C)c(C)c1. The van der Waals surface area contributed by atoms with Gasteiger partial charge in [0.15, 0.2) is 17.1 Å². The number of hydrogen-bond donors (Lipinski definition) is 1. The Bertz CT molecular complexity index is 1020. The summed E-state index contributed by atoms with van der Waals surface area (Å²) in [6.45, 7) is 5.89. The van der Waals surface area contributed by atoms with E-state index in [1.54, 1.807) is 6.07 Å². The molecule has 0 unspecified atom stereocenters. The van der Waals surface area contributed by atoms with E-state index >= 15 is 0 Å². The Morgan fingerprint density at radius 3 is 2.72 bits per heavy atom. The van der Waals surface area contributed by atoms with Crippen LogP contribution in [-0.4, -0.2) is 26.4 Å². The third-order valence-corrected chi connectivity index (χ3v) is 5.69. The molecular weight excluding hydrogens is 408 g/mol. The maximum atomic E-state index is 12.3. The number of amides is 1. The van der Waals surface area contributed by atoms with Crippen molar-refractivity contribution in [3.05, 3.63) is 64.4 Å². The summed E-state index contributed by atoms with van der Waals surface area (Å²) in [5.41, 5.74) is 3.02. The van der Waals surface area contributed by atoms with Crippen molar-refractivity contribution in [2.75, 3.05) is 11.1 Å². The van der Waals surface area contributed by atoms with Crippen LogP contribution in [0.4, 0.5) is 5.69 Å². The van der Waals surface area contributed by atoms with Gasteiger partial charge in [0, 0.05) is 12.7 Å². The van der Waals surface area contributed by atoms with Gasteiger partial charge in [0.1, 0.15) is 5.75 Å². The molecule has 29 heavy (non-hydrogen) atoms. The minimum Gasteiger partial charge on any atom is -0.481 e. The van der Waals surface area contributed by atoms with Crippen LogP contribution in [0.3, 0.4) is 0 Å². The Morgan fingerprint density at radius 1 is 1.24 bits per heavy atom. The zero-order chi connectivity index (χ0) is 21.0. The van der Waals surface area contributed by atoms with Crippen LogP contribution < -0.4 is 10.1 Å². The standard InChI is InChI=1S/C21H23ClN4O2S/c1-13-9-10-17(14(2)11-13)23-19(27)12-29-21-25-24-20(26(21)4)15(3)28-18-8-6-5-7-16(18)22/h5-11,15H,12H2,1-4H3,(H,23,27)/t15-/m0/s1. The summed E-state index contributed by atoms with van der Waals surface area (Å²) in [5, 5.41) is 12.5. The van der Waals surface area contributed by atoms with Crippen molar-refractivity contribution in [1.29, 1.82) is 0 Å². The van der Waals surface area contributed by atoms with E-state index in [4.69, 9.17) is 16.3 Å². The highest BCUT2D eigenvalue weighted by Gasteiger charge is 2.19. The van der Waals surface area contributed by atoms with Crippen LogP contribution in [0, 0.1) is 13.8 Å². The van der Waals surface area contributed by atoms with E-state index in [1.807, 2.05) is 68.8 Å². The van der Waals surface area contributed by atoms with E-state index in [-0.39, 0.29) is 17.8 Å². The lowest BCUT2D eigenvalue weighted by Gasteiger charge is -2.15. The highest BCUT2D eigenvalue weighted by Crippen LogP contribution is 2.29. The minimum absolute atomic E-state index is 0.0909. The quantitative estimate of drug-likeness (QED) is 0.536. The molecule has 1 N–H and O–H groups in total. The van der Waals surface area contributed by atoms with Gasteiger partial charge in [-0.2, -0.15) is 0 Å². The molecule has 8 heteroatoms. The van der Waals surface area contributed by atoms with Gasteiger partial charge in [-0.05, 0) is 44.5 Å². The van der Waals surface area contributed by atoms with Gasteiger partial charge in [-0.25, -0.2) is 0 Å². The first-order valence-electron chi connectivity index (χ1n) is 9.15. The predicted octanol–water partition coefficient (Wildman–Crippen LogP) is 4.96. The highest BCUT2D eigenvalue weighted by atomic mass is 35.5. The molecule has 1 amide bonds. The molecule has 0 aliphatic rings. The van der Waals surface area contributed by atoms with Crippen LogP contribution in [0.2, 0.25) is 5.02 Å². The summed E-state index contributed by atoms with van der Waals surface area (Å²) in [5.74, 6) is 1.39. The van der Waals surface area contributed by atoms with E-state index in [0.717, 1.165) is 16.8 Å². The van der Waals surface area contributed by atoms with Gasteiger partial charge in [0.05, 0.1) is 10.8 Å². The molecule has 2 aromatic carbocycles. The molecule has 1 heterocycles. The molecule has 0 fully saturated rings. The first-order valence-corrected chi connectivity index (χ1v) is 10.5. The Labute approximate surface area is 179 Å². The second-order valence-corrected chi connectivity index (χ2v) is 8.10. The molecule has 0 spiro atoms. The predicted molar refractivity (Wildman–Crippen MR) is 117 cm³/mol. The summed E-state index contributed by atoms with van der Waals surface area (Å²) in [4.78, 5) is 12.3. The van der Waals surface area contributed by atoms with Crippen LogP contribution in [0.5, 0.6) is 5.75 Å². The minimum atomic E-state index is -0.342. The van der Waals surface area contributed by atoms with Crippen molar-refractivity contribution in [2.24, 2.45) is 7.05 Å². The van der Waals surface area contributed by atoms with E-state index in [2.05, 4.69) is 15.5 Å². The molecule has 0 saturated heterocycles. The molecule has 0 saturated carbocycles. The number of aromatic nitrogens is 3. The third kappa shape index (κ3) is 5.31. The van der Waals surface area contributed by atoms with Gasteiger partial charge < -0.3 is 14.6 Å². The second kappa shape index (κ2) is 9.33. The molecule has 0 aliphatic heterocycles. The number of rotatable bonds is 7. The first kappa shape index (κ1) is 21.2. The number of anilines is 1. The lowest BCUT2D eigenvalue weighted by Crippen LogP contribution is -2.15. The van der Waals surface area contributed by atoms with Crippen molar-refractivity contribution in [1.82, 2.24) is 14.8 Å². The number of aryl methyl sites for hydroxylation is 2. The average molecular weight is 431 g/mol. The topological polar surface area (TPSA) is 69.0 Å². The summed E-state index contributed by atoms with van der Waals surface area (Å²) in [7, 11) is 1.85. The highest BCUT2D eigenvalue weighted by molar-refractivity contribution is 7.99. The van der Waals surface area contributed by atoms with Crippen LogP contribution in [-0.2, 0) is 11.8 Å². The fourth-order valence-electron chi connectivity index (χ4n) is 2.86. The number of carbonyl (C=O) groups is 1. The van der Waals surface area contributed by atoms with E-state index in [9.17, 15) is 4.79 Å². The zero-order valence-electron chi connectivity index (χ0n) is 16.8. The Morgan fingerprint density at radius 2 is 2.00 bits per heavy atom. The maximum Gasteiger partial charge on any atom is 0.234 e. The van der Waals surface area contributed by atoms with Gasteiger partial charge in [0.2, 0.25) is 5.91 Å². The monoisotopic (exact) mass is 430 g/mol. The van der Waals surface area contributed by atoms with Crippen LogP contribution >= 0.6 is 23.4 Å². The van der Waals surface area contributed by atoms with Crippen LogP contribution in [0.25, 0.3) is 0 Å². The molecule has 0 bridgehead atoms. The van der Waals surface area contributed by atoms with Crippen LogP contribution in [0.1, 0.15) is 30.0 Å². The molecule has 3 rings (SSSR count). The first-order chi connectivity index (χ1) is 13.8. The molecule has 152 valence electrons. The average Bonchev–Trinajstić information content (AvgIpc) is 3.05. The zero-order valence-corrected chi connectivity index (χ0v) is 18.3. The van der Waals surface area contributed by atoms with Gasteiger partial charge in [0.25, 0.3) is 0 Å². The number of halogens is 1. The summed E-state index contributed by atoms with van der Waals surface area (Å²) in [6, 6.07) is 13.2. The molecule has 1 aromatic heterocycles. The Kier molecular flexibility index (Phi) is 6.82. The van der Waals surface area contributed by atoms with Gasteiger partial charge in [-0.3, -0.25) is 4.79 Å². The molecule has 1 atom stereocenters.